The Bertz CT molecular complexity index is 555. The second-order valence-electron chi connectivity index (χ2n) is 5.31. The fourth-order valence-electron chi connectivity index (χ4n) is 2.91. The molecule has 3 rings (SSSR count). The van der Waals surface area contributed by atoms with Gasteiger partial charge in [-0.2, -0.15) is 0 Å². The second-order valence-corrected chi connectivity index (χ2v) is 5.31. The molecule has 18 heavy (non-hydrogen) atoms. The van der Waals surface area contributed by atoms with Gasteiger partial charge in [-0.25, -0.2) is 0 Å². The molecule has 0 spiro atoms. The van der Waals surface area contributed by atoms with Crippen molar-refractivity contribution in [2.45, 2.75) is 12.3 Å². The Morgan fingerprint density at radius 1 is 1.17 bits per heavy atom. The molecule has 0 saturated carbocycles. The van der Waals surface area contributed by atoms with Crippen molar-refractivity contribution in [3.8, 4) is 0 Å². The molecule has 1 saturated heterocycles. The molecule has 0 bridgehead atoms. The van der Waals surface area contributed by atoms with Gasteiger partial charge >= 0.3 is 0 Å². The molecule has 2 heteroatoms. The van der Waals surface area contributed by atoms with Crippen LogP contribution in [0, 0.1) is 5.92 Å². The Labute approximate surface area is 108 Å². The van der Waals surface area contributed by atoms with Gasteiger partial charge in [0.25, 0.3) is 0 Å². The van der Waals surface area contributed by atoms with E-state index in [2.05, 4.69) is 49.4 Å². The van der Waals surface area contributed by atoms with Crippen LogP contribution in [0.25, 0.3) is 10.8 Å². The molecule has 2 aromatic rings. The highest BCUT2D eigenvalue weighted by Crippen LogP contribution is 2.42. The van der Waals surface area contributed by atoms with E-state index in [0.29, 0.717) is 12.5 Å². The summed E-state index contributed by atoms with van der Waals surface area (Å²) in [6.07, 6.45) is 0. The van der Waals surface area contributed by atoms with Crippen LogP contribution in [-0.4, -0.2) is 19.8 Å². The van der Waals surface area contributed by atoms with Crippen molar-refractivity contribution in [2.75, 3.05) is 19.8 Å². The first-order chi connectivity index (χ1) is 8.78. The van der Waals surface area contributed by atoms with Gasteiger partial charge in [-0.1, -0.05) is 49.4 Å². The van der Waals surface area contributed by atoms with E-state index in [0.717, 1.165) is 13.2 Å². The monoisotopic (exact) mass is 241 g/mol. The minimum atomic E-state index is 0.107. The number of benzene rings is 2. The Morgan fingerprint density at radius 2 is 1.89 bits per heavy atom. The summed E-state index contributed by atoms with van der Waals surface area (Å²) < 4.78 is 5.51. The maximum Gasteiger partial charge on any atom is 0.0588 e. The van der Waals surface area contributed by atoms with Crippen LogP contribution >= 0.6 is 0 Å². The Hall–Kier alpha value is -1.38. The fraction of sp³-hybridized carbons (Fsp3) is 0.375. The molecule has 0 aromatic heterocycles. The van der Waals surface area contributed by atoms with Crippen molar-refractivity contribution in [2.24, 2.45) is 11.7 Å². The first-order valence-corrected chi connectivity index (χ1v) is 6.54. The largest absolute Gasteiger partial charge is 0.379 e. The molecule has 1 unspecified atom stereocenters. The van der Waals surface area contributed by atoms with E-state index < -0.39 is 0 Å². The second kappa shape index (κ2) is 4.38. The minimum Gasteiger partial charge on any atom is -0.379 e. The van der Waals surface area contributed by atoms with E-state index in [1.54, 1.807) is 0 Å². The Balaban J connectivity index is 2.19. The standard InChI is InChI=1S/C16H19NO/c1-12(9-17)16(10-18-11-16)15-8-4-6-13-5-2-3-7-14(13)15/h2-8,12H,9-11,17H2,1H3. The third-order valence-electron chi connectivity index (χ3n) is 4.34. The van der Waals surface area contributed by atoms with Gasteiger partial charge < -0.3 is 10.5 Å². The highest BCUT2D eigenvalue weighted by atomic mass is 16.5. The minimum absolute atomic E-state index is 0.107. The summed E-state index contributed by atoms with van der Waals surface area (Å²) in [5.41, 5.74) is 7.39. The highest BCUT2D eigenvalue weighted by molar-refractivity contribution is 5.86. The van der Waals surface area contributed by atoms with Gasteiger partial charge in [0.1, 0.15) is 0 Å². The zero-order valence-corrected chi connectivity index (χ0v) is 10.7. The molecular weight excluding hydrogens is 222 g/mol. The third-order valence-corrected chi connectivity index (χ3v) is 4.34. The fourth-order valence-corrected chi connectivity index (χ4v) is 2.91. The summed E-state index contributed by atoms with van der Waals surface area (Å²) in [5, 5.41) is 2.63. The van der Waals surface area contributed by atoms with Crippen molar-refractivity contribution >= 4 is 10.8 Å². The molecule has 0 amide bonds. The third kappa shape index (κ3) is 1.57. The summed E-state index contributed by atoms with van der Waals surface area (Å²) in [4.78, 5) is 0. The first kappa shape index (κ1) is 11.7. The average Bonchev–Trinajstić information content (AvgIpc) is 2.37. The number of fused-ring (bicyclic) bond motifs is 1. The predicted octanol–water partition coefficient (Wildman–Crippen LogP) is 2.70. The van der Waals surface area contributed by atoms with E-state index in [1.807, 2.05) is 0 Å². The number of ether oxygens (including phenoxy) is 1. The molecule has 0 radical (unpaired) electrons. The molecule has 1 aliphatic rings. The summed E-state index contributed by atoms with van der Waals surface area (Å²) >= 11 is 0. The predicted molar refractivity (Wildman–Crippen MR) is 74.7 cm³/mol. The summed E-state index contributed by atoms with van der Waals surface area (Å²) in [6, 6.07) is 15.1. The van der Waals surface area contributed by atoms with Gasteiger partial charge in [-0.05, 0) is 28.8 Å². The van der Waals surface area contributed by atoms with Crippen LogP contribution in [0.3, 0.4) is 0 Å². The van der Waals surface area contributed by atoms with Crippen LogP contribution in [0.1, 0.15) is 12.5 Å². The topological polar surface area (TPSA) is 35.2 Å². The van der Waals surface area contributed by atoms with Crippen LogP contribution in [0.5, 0.6) is 0 Å². The van der Waals surface area contributed by atoms with Gasteiger partial charge in [0.15, 0.2) is 0 Å². The molecule has 1 fully saturated rings. The number of hydrogen-bond acceptors (Lipinski definition) is 2. The first-order valence-electron chi connectivity index (χ1n) is 6.54. The Morgan fingerprint density at radius 3 is 2.56 bits per heavy atom. The van der Waals surface area contributed by atoms with E-state index in [1.165, 1.54) is 16.3 Å². The lowest BCUT2D eigenvalue weighted by Gasteiger charge is -2.46. The number of nitrogens with two attached hydrogens (primary N) is 1. The van der Waals surface area contributed by atoms with Crippen molar-refractivity contribution < 1.29 is 4.74 Å². The molecule has 1 heterocycles. The van der Waals surface area contributed by atoms with E-state index in [-0.39, 0.29) is 5.41 Å². The summed E-state index contributed by atoms with van der Waals surface area (Å²) in [5.74, 6) is 0.442. The zero-order valence-electron chi connectivity index (χ0n) is 10.7. The van der Waals surface area contributed by atoms with Gasteiger partial charge in [0, 0.05) is 5.41 Å². The molecular formula is C16H19NO. The quantitative estimate of drug-likeness (QED) is 0.896. The maximum atomic E-state index is 5.89. The lowest BCUT2D eigenvalue weighted by molar-refractivity contribution is -0.0846. The van der Waals surface area contributed by atoms with Gasteiger partial charge in [0.05, 0.1) is 13.2 Å². The van der Waals surface area contributed by atoms with E-state index in [4.69, 9.17) is 10.5 Å². The van der Waals surface area contributed by atoms with Crippen molar-refractivity contribution in [3.05, 3.63) is 48.0 Å². The zero-order chi connectivity index (χ0) is 12.6. The SMILES string of the molecule is CC(CN)C1(c2cccc3ccccc23)COC1. The molecule has 1 atom stereocenters. The van der Waals surface area contributed by atoms with Crippen LogP contribution in [0.2, 0.25) is 0 Å². The van der Waals surface area contributed by atoms with Crippen LogP contribution in [-0.2, 0) is 10.2 Å². The van der Waals surface area contributed by atoms with Gasteiger partial charge in [0.2, 0.25) is 0 Å². The molecule has 2 aromatic carbocycles. The average molecular weight is 241 g/mol. The summed E-state index contributed by atoms with van der Waals surface area (Å²) in [6.45, 7) is 4.51. The smallest absolute Gasteiger partial charge is 0.0588 e. The molecule has 0 aliphatic carbocycles. The number of rotatable bonds is 3. The van der Waals surface area contributed by atoms with Crippen LogP contribution < -0.4 is 5.73 Å². The van der Waals surface area contributed by atoms with Gasteiger partial charge in [-0.3, -0.25) is 0 Å². The molecule has 1 aliphatic heterocycles. The maximum absolute atomic E-state index is 5.89. The van der Waals surface area contributed by atoms with Crippen molar-refractivity contribution in [3.63, 3.8) is 0 Å². The van der Waals surface area contributed by atoms with E-state index >= 15 is 0 Å². The summed E-state index contributed by atoms with van der Waals surface area (Å²) in [7, 11) is 0. The van der Waals surface area contributed by atoms with Crippen LogP contribution in [0.4, 0.5) is 0 Å². The van der Waals surface area contributed by atoms with E-state index in [9.17, 15) is 0 Å². The lowest BCUT2D eigenvalue weighted by atomic mass is 9.68. The highest BCUT2D eigenvalue weighted by Gasteiger charge is 2.45. The Kier molecular flexibility index (Phi) is 2.84. The lowest BCUT2D eigenvalue weighted by Crippen LogP contribution is -2.53. The van der Waals surface area contributed by atoms with Crippen molar-refractivity contribution in [1.29, 1.82) is 0 Å². The molecule has 2 nitrogen and oxygen atoms in total. The molecule has 94 valence electrons. The molecule has 2 N–H and O–H groups in total. The van der Waals surface area contributed by atoms with Crippen LogP contribution in [0.15, 0.2) is 42.5 Å². The van der Waals surface area contributed by atoms with Gasteiger partial charge in [-0.15, -0.1) is 0 Å². The number of hydrogen-bond donors (Lipinski definition) is 1. The van der Waals surface area contributed by atoms with Crippen molar-refractivity contribution in [1.82, 2.24) is 0 Å². The normalized spacial score (nSPS) is 19.4.